The quantitative estimate of drug-likeness (QED) is 0.674. The number of carbonyl (C=O) groups excluding carboxylic acids is 2. The van der Waals surface area contributed by atoms with Gasteiger partial charge in [-0.2, -0.15) is 0 Å². The number of hydrogen-bond donors (Lipinski definition) is 1. The molecule has 0 aliphatic heterocycles. The Morgan fingerprint density at radius 1 is 1.13 bits per heavy atom. The zero-order chi connectivity index (χ0) is 16.8. The molecule has 0 saturated carbocycles. The maximum absolute atomic E-state index is 13.6. The van der Waals surface area contributed by atoms with Gasteiger partial charge in [-0.1, -0.05) is 48.0 Å². The summed E-state index contributed by atoms with van der Waals surface area (Å²) in [6.07, 6.45) is 0.955. The van der Waals surface area contributed by atoms with Crippen LogP contribution in [0.1, 0.15) is 17.2 Å². The summed E-state index contributed by atoms with van der Waals surface area (Å²) in [4.78, 5) is 23.3. The molecule has 0 aliphatic rings. The summed E-state index contributed by atoms with van der Waals surface area (Å²) in [5.74, 6) is -2.21. The van der Waals surface area contributed by atoms with E-state index >= 15 is 0 Å². The van der Waals surface area contributed by atoms with Crippen LogP contribution in [0.15, 0.2) is 54.6 Å². The smallest absolute Gasteiger partial charge is 0.331 e. The Labute approximate surface area is 137 Å². The molecule has 0 saturated heterocycles. The van der Waals surface area contributed by atoms with Gasteiger partial charge < -0.3 is 10.5 Å². The molecule has 0 bridgehead atoms. The first-order valence-corrected chi connectivity index (χ1v) is 7.04. The zero-order valence-corrected chi connectivity index (χ0v) is 12.7. The fourth-order valence-corrected chi connectivity index (χ4v) is 2.12. The SMILES string of the molecule is NC(=O)C(OC(=O)C=Cc1c(F)cccc1Cl)c1ccccc1. The monoisotopic (exact) mass is 333 g/mol. The standard InChI is InChI=1S/C17H13ClFNO3/c18-13-7-4-8-14(19)12(13)9-10-15(21)23-16(17(20)22)11-5-2-1-3-6-11/h1-10,16H,(H2,20,22). The van der Waals surface area contributed by atoms with Crippen molar-refractivity contribution in [1.29, 1.82) is 0 Å². The molecule has 2 N–H and O–H groups in total. The lowest BCUT2D eigenvalue weighted by atomic mass is 10.1. The number of ether oxygens (including phenoxy) is 1. The number of rotatable bonds is 5. The molecule has 1 atom stereocenters. The normalized spacial score (nSPS) is 12.1. The first-order chi connectivity index (χ1) is 11.0. The molecular formula is C17H13ClFNO3. The summed E-state index contributed by atoms with van der Waals surface area (Å²) in [5, 5.41) is 0.156. The summed E-state index contributed by atoms with van der Waals surface area (Å²) in [5.41, 5.74) is 5.76. The van der Waals surface area contributed by atoms with Gasteiger partial charge in [0.2, 0.25) is 6.10 Å². The molecule has 1 unspecified atom stereocenters. The third-order valence-corrected chi connectivity index (χ3v) is 3.31. The van der Waals surface area contributed by atoms with Crippen LogP contribution in [-0.4, -0.2) is 11.9 Å². The predicted molar refractivity (Wildman–Crippen MR) is 84.9 cm³/mol. The fourth-order valence-electron chi connectivity index (χ4n) is 1.89. The molecule has 2 aromatic rings. The highest BCUT2D eigenvalue weighted by Crippen LogP contribution is 2.21. The largest absolute Gasteiger partial charge is 0.444 e. The molecule has 0 aromatic heterocycles. The number of carbonyl (C=O) groups is 2. The summed E-state index contributed by atoms with van der Waals surface area (Å²) in [6, 6.07) is 12.5. The van der Waals surface area contributed by atoms with Crippen molar-refractivity contribution in [3.63, 3.8) is 0 Å². The van der Waals surface area contributed by atoms with Gasteiger partial charge in [-0.25, -0.2) is 9.18 Å². The Balaban J connectivity index is 2.14. The second-order valence-electron chi connectivity index (χ2n) is 4.60. The molecule has 23 heavy (non-hydrogen) atoms. The van der Waals surface area contributed by atoms with Crippen LogP contribution >= 0.6 is 11.6 Å². The van der Waals surface area contributed by atoms with Gasteiger partial charge >= 0.3 is 5.97 Å². The molecule has 0 aliphatic carbocycles. The minimum absolute atomic E-state index is 0.0569. The number of benzene rings is 2. The first-order valence-electron chi connectivity index (χ1n) is 6.66. The minimum atomic E-state index is -1.22. The highest BCUT2D eigenvalue weighted by Gasteiger charge is 2.21. The van der Waals surface area contributed by atoms with Crippen molar-refractivity contribution in [3.8, 4) is 0 Å². The summed E-state index contributed by atoms with van der Waals surface area (Å²) in [7, 11) is 0. The first kappa shape index (κ1) is 16.7. The molecule has 0 spiro atoms. The predicted octanol–water partition coefficient (Wildman–Crippen LogP) is 3.26. The van der Waals surface area contributed by atoms with Gasteiger partial charge in [0.1, 0.15) is 5.82 Å². The Hall–Kier alpha value is -2.66. The van der Waals surface area contributed by atoms with Gasteiger partial charge in [-0.3, -0.25) is 4.79 Å². The number of esters is 1. The van der Waals surface area contributed by atoms with Crippen molar-refractivity contribution < 1.29 is 18.7 Å². The molecule has 2 rings (SSSR count). The van der Waals surface area contributed by atoms with Crippen molar-refractivity contribution in [2.75, 3.05) is 0 Å². The topological polar surface area (TPSA) is 69.4 Å². The van der Waals surface area contributed by atoms with Crippen molar-refractivity contribution in [3.05, 3.63) is 76.6 Å². The Kier molecular flexibility index (Phi) is 5.49. The second kappa shape index (κ2) is 7.56. The maximum atomic E-state index is 13.6. The van der Waals surface area contributed by atoms with E-state index in [1.165, 1.54) is 24.3 Å². The van der Waals surface area contributed by atoms with Gasteiger partial charge in [0, 0.05) is 17.2 Å². The molecule has 118 valence electrons. The van der Waals surface area contributed by atoms with E-state index < -0.39 is 23.8 Å². The van der Waals surface area contributed by atoms with Gasteiger partial charge in [-0.15, -0.1) is 0 Å². The van der Waals surface area contributed by atoms with Crippen LogP contribution in [0.5, 0.6) is 0 Å². The van der Waals surface area contributed by atoms with E-state index in [2.05, 4.69) is 0 Å². The van der Waals surface area contributed by atoms with E-state index in [0.717, 1.165) is 6.08 Å². The van der Waals surface area contributed by atoms with Crippen LogP contribution in [0.2, 0.25) is 5.02 Å². The third-order valence-electron chi connectivity index (χ3n) is 2.98. The van der Waals surface area contributed by atoms with E-state index in [0.29, 0.717) is 5.56 Å². The van der Waals surface area contributed by atoms with Crippen molar-refractivity contribution in [1.82, 2.24) is 0 Å². The lowest BCUT2D eigenvalue weighted by Crippen LogP contribution is -2.25. The zero-order valence-electron chi connectivity index (χ0n) is 11.9. The van der Waals surface area contributed by atoms with E-state index in [9.17, 15) is 14.0 Å². The number of nitrogens with two attached hydrogens (primary N) is 1. The third kappa shape index (κ3) is 4.40. The number of halogens is 2. The second-order valence-corrected chi connectivity index (χ2v) is 5.01. The molecule has 1 amide bonds. The van der Waals surface area contributed by atoms with Gasteiger partial charge in [-0.05, 0) is 18.2 Å². The lowest BCUT2D eigenvalue weighted by Gasteiger charge is -2.13. The van der Waals surface area contributed by atoms with Crippen LogP contribution in [0, 0.1) is 5.82 Å². The average Bonchev–Trinajstić information content (AvgIpc) is 2.52. The Bertz CT molecular complexity index is 727. The number of amides is 1. The van der Waals surface area contributed by atoms with E-state index in [1.807, 2.05) is 0 Å². The summed E-state index contributed by atoms with van der Waals surface area (Å²) in [6.45, 7) is 0. The van der Waals surface area contributed by atoms with E-state index in [4.69, 9.17) is 22.1 Å². The average molecular weight is 334 g/mol. The van der Waals surface area contributed by atoms with Crippen LogP contribution in [0.3, 0.4) is 0 Å². The molecule has 0 fully saturated rings. The van der Waals surface area contributed by atoms with Crippen molar-refractivity contribution >= 4 is 29.6 Å². The van der Waals surface area contributed by atoms with Crippen LogP contribution < -0.4 is 5.73 Å². The van der Waals surface area contributed by atoms with Crippen LogP contribution in [-0.2, 0) is 14.3 Å². The molecule has 6 heteroatoms. The Morgan fingerprint density at radius 3 is 2.43 bits per heavy atom. The maximum Gasteiger partial charge on any atom is 0.331 e. The van der Waals surface area contributed by atoms with Crippen LogP contribution in [0.4, 0.5) is 4.39 Å². The number of hydrogen-bond acceptors (Lipinski definition) is 3. The number of primary amides is 1. The minimum Gasteiger partial charge on any atom is -0.444 e. The highest BCUT2D eigenvalue weighted by atomic mass is 35.5. The van der Waals surface area contributed by atoms with E-state index in [-0.39, 0.29) is 10.6 Å². The van der Waals surface area contributed by atoms with Gasteiger partial charge in [0.05, 0.1) is 5.02 Å². The highest BCUT2D eigenvalue weighted by molar-refractivity contribution is 6.32. The van der Waals surface area contributed by atoms with Crippen LogP contribution in [0.25, 0.3) is 6.08 Å². The molecule has 2 aromatic carbocycles. The Morgan fingerprint density at radius 2 is 1.83 bits per heavy atom. The molecule has 0 radical (unpaired) electrons. The summed E-state index contributed by atoms with van der Waals surface area (Å²) < 4.78 is 18.6. The molecule has 0 heterocycles. The van der Waals surface area contributed by atoms with E-state index in [1.54, 1.807) is 30.3 Å². The summed E-state index contributed by atoms with van der Waals surface area (Å²) >= 11 is 5.85. The molecular weight excluding hydrogens is 321 g/mol. The van der Waals surface area contributed by atoms with Gasteiger partial charge in [0.15, 0.2) is 0 Å². The lowest BCUT2D eigenvalue weighted by molar-refractivity contribution is -0.150. The molecule has 4 nitrogen and oxygen atoms in total. The van der Waals surface area contributed by atoms with Gasteiger partial charge in [0.25, 0.3) is 5.91 Å². The fraction of sp³-hybridized carbons (Fsp3) is 0.0588. The van der Waals surface area contributed by atoms with Crippen molar-refractivity contribution in [2.24, 2.45) is 5.73 Å². The van der Waals surface area contributed by atoms with Crippen molar-refractivity contribution in [2.45, 2.75) is 6.10 Å².